The SMILES string of the molecule is C=C(C/C=C\C)C(=N/C(=C\C)c1cccc(C(=C)Nc2ccc(C(C)C)cc2)c1)Nc1ccc(C)c(CC)c1.CC. The van der Waals surface area contributed by atoms with E-state index in [4.69, 9.17) is 4.99 Å². The second kappa shape index (κ2) is 16.9. The summed E-state index contributed by atoms with van der Waals surface area (Å²) >= 11 is 0. The van der Waals surface area contributed by atoms with Gasteiger partial charge in [-0.3, -0.25) is 0 Å². The topological polar surface area (TPSA) is 36.4 Å². The molecular formula is C38H49N3. The monoisotopic (exact) mass is 547 g/mol. The van der Waals surface area contributed by atoms with Crippen molar-refractivity contribution in [3.8, 4) is 0 Å². The third-order valence-electron chi connectivity index (χ3n) is 6.81. The maximum atomic E-state index is 5.08. The van der Waals surface area contributed by atoms with Gasteiger partial charge in [-0.05, 0) is 97.7 Å². The van der Waals surface area contributed by atoms with Gasteiger partial charge in [0.2, 0.25) is 0 Å². The molecule has 0 bridgehead atoms. The van der Waals surface area contributed by atoms with Crippen LogP contribution >= 0.6 is 0 Å². The summed E-state index contributed by atoms with van der Waals surface area (Å²) in [5.41, 5.74) is 10.7. The van der Waals surface area contributed by atoms with E-state index in [-0.39, 0.29) is 0 Å². The van der Waals surface area contributed by atoms with Crippen LogP contribution in [-0.4, -0.2) is 5.84 Å². The Balaban J connectivity index is 0.00000287. The first-order valence-corrected chi connectivity index (χ1v) is 14.8. The summed E-state index contributed by atoms with van der Waals surface area (Å²) < 4.78 is 0. The Bertz CT molecular complexity index is 1390. The van der Waals surface area contributed by atoms with Crippen LogP contribution in [0.5, 0.6) is 0 Å². The molecule has 41 heavy (non-hydrogen) atoms. The fourth-order valence-corrected chi connectivity index (χ4v) is 4.30. The normalized spacial score (nSPS) is 11.7. The van der Waals surface area contributed by atoms with E-state index in [9.17, 15) is 0 Å². The van der Waals surface area contributed by atoms with E-state index in [1.165, 1.54) is 16.7 Å². The molecule has 3 aromatic rings. The van der Waals surface area contributed by atoms with Crippen LogP contribution in [-0.2, 0) is 6.42 Å². The number of hydrogen-bond acceptors (Lipinski definition) is 2. The van der Waals surface area contributed by atoms with E-state index in [2.05, 4.69) is 118 Å². The molecule has 0 atom stereocenters. The van der Waals surface area contributed by atoms with Crippen LogP contribution in [0.2, 0.25) is 0 Å². The average molecular weight is 548 g/mol. The number of benzene rings is 3. The molecule has 2 N–H and O–H groups in total. The molecule has 0 saturated heterocycles. The highest BCUT2D eigenvalue weighted by atomic mass is 15.0. The van der Waals surface area contributed by atoms with Crippen molar-refractivity contribution in [2.24, 2.45) is 4.99 Å². The molecule has 3 aromatic carbocycles. The van der Waals surface area contributed by atoms with Crippen LogP contribution in [0.1, 0.15) is 88.6 Å². The molecule has 0 aromatic heterocycles. The summed E-state index contributed by atoms with van der Waals surface area (Å²) in [5, 5.41) is 7.01. The summed E-state index contributed by atoms with van der Waals surface area (Å²) in [6.45, 7) is 25.4. The first-order chi connectivity index (χ1) is 19.7. The maximum Gasteiger partial charge on any atom is 0.133 e. The number of aryl methyl sites for hydroxylation is 2. The molecule has 0 fully saturated rings. The highest BCUT2D eigenvalue weighted by Gasteiger charge is 2.10. The third-order valence-corrected chi connectivity index (χ3v) is 6.81. The Morgan fingerprint density at radius 2 is 1.54 bits per heavy atom. The van der Waals surface area contributed by atoms with E-state index < -0.39 is 0 Å². The first-order valence-electron chi connectivity index (χ1n) is 14.8. The molecule has 0 aliphatic carbocycles. The lowest BCUT2D eigenvalue weighted by atomic mass is 10.0. The van der Waals surface area contributed by atoms with E-state index in [0.29, 0.717) is 5.92 Å². The predicted octanol–water partition coefficient (Wildman–Crippen LogP) is 11.2. The van der Waals surface area contributed by atoms with Crippen molar-refractivity contribution < 1.29 is 0 Å². The van der Waals surface area contributed by atoms with Gasteiger partial charge in [-0.2, -0.15) is 0 Å². The highest BCUT2D eigenvalue weighted by Crippen LogP contribution is 2.25. The van der Waals surface area contributed by atoms with Gasteiger partial charge in [-0.25, -0.2) is 4.99 Å². The van der Waals surface area contributed by atoms with Gasteiger partial charge in [-0.1, -0.05) is 102 Å². The molecule has 0 aliphatic rings. The third kappa shape index (κ3) is 9.79. The number of aliphatic imine (C=N–C) groups is 1. The number of allylic oxidation sites excluding steroid dienone is 3. The summed E-state index contributed by atoms with van der Waals surface area (Å²) in [5.74, 6) is 1.27. The van der Waals surface area contributed by atoms with E-state index in [1.807, 2.05) is 45.9 Å². The summed E-state index contributed by atoms with van der Waals surface area (Å²) in [4.78, 5) is 5.08. The molecule has 0 unspecified atom stereocenters. The van der Waals surface area contributed by atoms with Crippen LogP contribution < -0.4 is 10.6 Å². The Morgan fingerprint density at radius 1 is 0.878 bits per heavy atom. The number of rotatable bonds is 11. The van der Waals surface area contributed by atoms with Crippen LogP contribution in [0.3, 0.4) is 0 Å². The van der Waals surface area contributed by atoms with Crippen LogP contribution in [0.25, 0.3) is 11.4 Å². The molecule has 0 saturated carbocycles. The number of anilines is 2. The minimum absolute atomic E-state index is 0.506. The molecule has 0 aliphatic heterocycles. The quantitative estimate of drug-likeness (QED) is 0.142. The zero-order valence-electron chi connectivity index (χ0n) is 26.4. The van der Waals surface area contributed by atoms with Gasteiger partial charge in [-0.15, -0.1) is 0 Å². The Morgan fingerprint density at radius 3 is 2.15 bits per heavy atom. The molecule has 0 radical (unpaired) electrons. The van der Waals surface area contributed by atoms with Crippen LogP contribution in [0.4, 0.5) is 11.4 Å². The van der Waals surface area contributed by atoms with Gasteiger partial charge in [0.05, 0.1) is 5.70 Å². The average Bonchev–Trinajstić information content (AvgIpc) is 3.00. The van der Waals surface area contributed by atoms with Gasteiger partial charge >= 0.3 is 0 Å². The van der Waals surface area contributed by atoms with E-state index in [1.54, 1.807) is 0 Å². The van der Waals surface area contributed by atoms with Crippen molar-refractivity contribution >= 4 is 28.6 Å². The highest BCUT2D eigenvalue weighted by molar-refractivity contribution is 6.10. The van der Waals surface area contributed by atoms with E-state index >= 15 is 0 Å². The number of amidine groups is 1. The second-order valence-corrected chi connectivity index (χ2v) is 10.1. The number of nitrogens with zero attached hydrogens (tertiary/aromatic N) is 1. The standard InChI is InChI=1S/C36H43N3.C2H6/c1-9-12-14-27(7)36(38-34-20-17-26(6)29(10-2)24-34)39-35(11-3)32-16-13-15-31(23-32)28(8)37-33-21-18-30(19-22-33)25(4)5;1-2/h9,11-13,15-25,37H,7-8,10,14H2,1-6H3,(H,38,39);1-2H3/b12-9-,35-11-;. The van der Waals surface area contributed by atoms with Gasteiger partial charge in [0.25, 0.3) is 0 Å². The lowest BCUT2D eigenvalue weighted by molar-refractivity contribution is 0.867. The number of hydrogen-bond donors (Lipinski definition) is 2. The van der Waals surface area contributed by atoms with Crippen molar-refractivity contribution in [2.45, 2.75) is 74.1 Å². The van der Waals surface area contributed by atoms with Crippen molar-refractivity contribution in [1.82, 2.24) is 0 Å². The largest absolute Gasteiger partial charge is 0.356 e. The second-order valence-electron chi connectivity index (χ2n) is 10.1. The molecular weight excluding hydrogens is 498 g/mol. The molecule has 216 valence electrons. The first kappa shape index (κ1) is 33.1. The Kier molecular flexibility index (Phi) is 13.6. The summed E-state index contributed by atoms with van der Waals surface area (Å²) in [6, 6.07) is 23.3. The molecule has 0 spiro atoms. The van der Waals surface area contributed by atoms with Crippen molar-refractivity contribution in [2.75, 3.05) is 10.6 Å². The van der Waals surface area contributed by atoms with Crippen LogP contribution in [0.15, 0.2) is 109 Å². The lowest BCUT2D eigenvalue weighted by Crippen LogP contribution is -2.15. The number of nitrogens with one attached hydrogen (secondary N) is 2. The van der Waals surface area contributed by atoms with E-state index in [0.717, 1.165) is 58.1 Å². The zero-order chi connectivity index (χ0) is 30.4. The fourth-order valence-electron chi connectivity index (χ4n) is 4.30. The Labute approximate surface area is 249 Å². The Hall–Kier alpha value is -4.11. The van der Waals surface area contributed by atoms with Gasteiger partial charge in [0, 0.05) is 22.6 Å². The predicted molar refractivity (Wildman–Crippen MR) is 185 cm³/mol. The minimum Gasteiger partial charge on any atom is -0.356 e. The van der Waals surface area contributed by atoms with Crippen molar-refractivity contribution in [1.29, 1.82) is 0 Å². The van der Waals surface area contributed by atoms with Gasteiger partial charge in [0.1, 0.15) is 5.84 Å². The molecule has 3 nitrogen and oxygen atoms in total. The maximum absolute atomic E-state index is 5.08. The van der Waals surface area contributed by atoms with Crippen LogP contribution in [0, 0.1) is 6.92 Å². The minimum atomic E-state index is 0.506. The van der Waals surface area contributed by atoms with Crippen molar-refractivity contribution in [3.63, 3.8) is 0 Å². The molecule has 3 heteroatoms. The molecule has 0 amide bonds. The molecule has 0 heterocycles. The fraction of sp³-hybridized carbons (Fsp3) is 0.289. The zero-order valence-corrected chi connectivity index (χ0v) is 26.4. The molecule has 3 rings (SSSR count). The van der Waals surface area contributed by atoms with Gasteiger partial charge in [0.15, 0.2) is 0 Å². The smallest absolute Gasteiger partial charge is 0.133 e. The lowest BCUT2D eigenvalue weighted by Gasteiger charge is -2.16. The summed E-state index contributed by atoms with van der Waals surface area (Å²) in [6.07, 6.45) is 7.89. The summed E-state index contributed by atoms with van der Waals surface area (Å²) in [7, 11) is 0. The van der Waals surface area contributed by atoms with Crippen molar-refractivity contribution in [3.05, 3.63) is 132 Å². The van der Waals surface area contributed by atoms with Gasteiger partial charge < -0.3 is 10.6 Å².